The van der Waals surface area contributed by atoms with Crippen LogP contribution in [-0.4, -0.2) is 11.6 Å². The molecule has 0 spiro atoms. The van der Waals surface area contributed by atoms with Crippen molar-refractivity contribution in [1.82, 2.24) is 0 Å². The van der Waals surface area contributed by atoms with Gasteiger partial charge in [-0.2, -0.15) is 0 Å². The minimum absolute atomic E-state index is 0.00549. The van der Waals surface area contributed by atoms with Crippen LogP contribution in [0.3, 0.4) is 0 Å². The van der Waals surface area contributed by atoms with Crippen LogP contribution in [-0.2, 0) is 9.59 Å². The largest absolute Gasteiger partial charge is 0.455 e. The maximum atomic E-state index is 14.0. The van der Waals surface area contributed by atoms with Crippen molar-refractivity contribution in [3.63, 3.8) is 0 Å². The SMILES string of the molecule is CC(C)(C)C1=C/C(=C/Nc2ccccc2Oc2ccc3ccccc3c2-c2c(Oc3ccccc3N/C=C3\C=C(C(C)(C)C)C=C(C(C)(C)C)C3=O)ccc3ccccc23)C(=O)C(C(C)(C)C)=C1. The first-order chi connectivity index (χ1) is 32.1. The minimum Gasteiger partial charge on any atom is -0.455 e. The third-order valence-corrected chi connectivity index (χ3v) is 12.6. The number of Topliss-reactive ketones (excluding diaryl/α,β-unsaturated/α-hetero) is 2. The van der Waals surface area contributed by atoms with Gasteiger partial charge in [0, 0.05) is 45.8 Å². The van der Waals surface area contributed by atoms with Gasteiger partial charge in [-0.15, -0.1) is 0 Å². The Morgan fingerprint density at radius 2 is 0.735 bits per heavy atom. The molecule has 68 heavy (non-hydrogen) atoms. The van der Waals surface area contributed by atoms with E-state index in [1.807, 2.05) is 97.1 Å². The standard InChI is InChI=1S/C62H64N2O4/c1-59(2,3)43-33-41(57(65)47(35-43)61(7,8)9)37-63-49-25-17-19-27-51(49)67-53-31-29-39-21-13-15-23-45(39)55(53)56-46-24-16-14-22-40(46)30-32-54(56)68-52-28-20-18-26-50(52)64-38-42-34-44(60(4,5)6)36-48(58(42)66)62(10,11)12/h13-38,63-64H,1-12H3/b41-37-,42-38+. The van der Waals surface area contributed by atoms with Gasteiger partial charge in [0.2, 0.25) is 0 Å². The van der Waals surface area contributed by atoms with Crippen molar-refractivity contribution in [2.75, 3.05) is 10.6 Å². The van der Waals surface area contributed by atoms with Crippen LogP contribution in [0.4, 0.5) is 11.4 Å². The zero-order valence-corrected chi connectivity index (χ0v) is 41.6. The van der Waals surface area contributed by atoms with Crippen molar-refractivity contribution in [3.05, 3.63) is 191 Å². The number of benzene rings is 6. The number of para-hydroxylation sites is 4. The highest BCUT2D eigenvalue weighted by Gasteiger charge is 2.33. The summed E-state index contributed by atoms with van der Waals surface area (Å²) in [5.41, 5.74) is 7.14. The summed E-state index contributed by atoms with van der Waals surface area (Å²) < 4.78 is 14.1. The van der Waals surface area contributed by atoms with Crippen LogP contribution >= 0.6 is 0 Å². The number of ketones is 2. The molecule has 0 fully saturated rings. The van der Waals surface area contributed by atoms with E-state index < -0.39 is 0 Å². The summed E-state index contributed by atoms with van der Waals surface area (Å²) in [7, 11) is 0. The van der Waals surface area contributed by atoms with Gasteiger partial charge in [0.1, 0.15) is 11.5 Å². The lowest BCUT2D eigenvalue weighted by molar-refractivity contribution is -0.113. The van der Waals surface area contributed by atoms with Crippen LogP contribution in [0.5, 0.6) is 23.0 Å². The lowest BCUT2D eigenvalue weighted by Crippen LogP contribution is -2.24. The molecular weight excluding hydrogens is 837 g/mol. The van der Waals surface area contributed by atoms with Gasteiger partial charge in [-0.3, -0.25) is 9.59 Å². The molecule has 0 unspecified atom stereocenters. The van der Waals surface area contributed by atoms with Gasteiger partial charge in [0.05, 0.1) is 11.4 Å². The van der Waals surface area contributed by atoms with Crippen molar-refractivity contribution in [2.24, 2.45) is 21.7 Å². The molecule has 2 aliphatic rings. The average molecular weight is 901 g/mol. The number of allylic oxidation sites excluding steroid dienone is 10. The van der Waals surface area contributed by atoms with Crippen LogP contribution in [0, 0.1) is 21.7 Å². The van der Waals surface area contributed by atoms with Crippen LogP contribution < -0.4 is 20.1 Å². The Bertz CT molecular complexity index is 2960. The van der Waals surface area contributed by atoms with Crippen LogP contribution in [0.15, 0.2) is 191 Å². The normalized spacial score (nSPS) is 16.1. The summed E-state index contributed by atoms with van der Waals surface area (Å²) in [6.45, 7) is 25.5. The number of rotatable bonds is 9. The summed E-state index contributed by atoms with van der Waals surface area (Å²) >= 11 is 0. The quantitative estimate of drug-likeness (QED) is 0.141. The van der Waals surface area contributed by atoms with Crippen molar-refractivity contribution in [1.29, 1.82) is 0 Å². The van der Waals surface area contributed by atoms with Crippen molar-refractivity contribution in [3.8, 4) is 34.1 Å². The lowest BCUT2D eigenvalue weighted by atomic mass is 9.73. The van der Waals surface area contributed by atoms with Gasteiger partial charge in [0.25, 0.3) is 0 Å². The molecule has 8 rings (SSSR count). The third kappa shape index (κ3) is 9.92. The number of carbonyl (C=O) groups excluding carboxylic acids is 2. The fourth-order valence-corrected chi connectivity index (χ4v) is 8.58. The molecular formula is C62H64N2O4. The zero-order chi connectivity index (χ0) is 48.8. The van der Waals surface area contributed by atoms with Gasteiger partial charge in [-0.1, -0.05) is 180 Å². The Morgan fingerprint density at radius 3 is 1.10 bits per heavy atom. The summed E-state index contributed by atoms with van der Waals surface area (Å²) in [5, 5.41) is 11.0. The summed E-state index contributed by atoms with van der Waals surface area (Å²) in [6.07, 6.45) is 11.7. The van der Waals surface area contributed by atoms with E-state index in [4.69, 9.17) is 9.47 Å². The molecule has 0 bridgehead atoms. The average Bonchev–Trinajstić information content (AvgIpc) is 3.27. The molecule has 0 atom stereocenters. The second kappa shape index (κ2) is 18.1. The molecule has 0 amide bonds. The topological polar surface area (TPSA) is 76.7 Å². The fourth-order valence-electron chi connectivity index (χ4n) is 8.58. The molecule has 6 aromatic rings. The van der Waals surface area contributed by atoms with Crippen molar-refractivity contribution >= 4 is 44.5 Å². The van der Waals surface area contributed by atoms with E-state index in [0.717, 1.165) is 55.0 Å². The number of hydrogen-bond acceptors (Lipinski definition) is 6. The number of fused-ring (bicyclic) bond motifs is 2. The maximum absolute atomic E-state index is 14.0. The molecule has 2 N–H and O–H groups in total. The van der Waals surface area contributed by atoms with E-state index in [2.05, 4.69) is 142 Å². The second-order valence-corrected chi connectivity index (χ2v) is 22.0. The van der Waals surface area contributed by atoms with Crippen LogP contribution in [0.2, 0.25) is 0 Å². The molecule has 0 aliphatic heterocycles. The second-order valence-electron chi connectivity index (χ2n) is 22.0. The van der Waals surface area contributed by atoms with E-state index in [0.29, 0.717) is 45.5 Å². The van der Waals surface area contributed by atoms with Gasteiger partial charge in [-0.25, -0.2) is 0 Å². The van der Waals surface area contributed by atoms with Crippen LogP contribution in [0.25, 0.3) is 32.7 Å². The van der Waals surface area contributed by atoms with Gasteiger partial charge in [0.15, 0.2) is 23.1 Å². The Kier molecular flexibility index (Phi) is 12.6. The van der Waals surface area contributed by atoms with Gasteiger partial charge in [-0.05, 0) is 103 Å². The number of hydrogen-bond donors (Lipinski definition) is 2. The fraction of sp³-hybridized carbons (Fsp3) is 0.258. The predicted octanol–water partition coefficient (Wildman–Crippen LogP) is 16.9. The summed E-state index contributed by atoms with van der Waals surface area (Å²) in [6, 6.07) is 40.4. The zero-order valence-electron chi connectivity index (χ0n) is 41.6. The molecule has 6 heteroatoms. The van der Waals surface area contributed by atoms with Crippen molar-refractivity contribution < 1.29 is 19.1 Å². The highest BCUT2D eigenvalue weighted by molar-refractivity contribution is 6.14. The lowest BCUT2D eigenvalue weighted by Gasteiger charge is -2.30. The molecule has 0 radical (unpaired) electrons. The first kappa shape index (κ1) is 47.3. The van der Waals surface area contributed by atoms with E-state index in [9.17, 15) is 9.59 Å². The number of anilines is 2. The Hall–Kier alpha value is -7.18. The number of nitrogens with one attached hydrogen (secondary N) is 2. The Labute approximate surface area is 402 Å². The van der Waals surface area contributed by atoms with Gasteiger partial charge < -0.3 is 20.1 Å². The summed E-state index contributed by atoms with van der Waals surface area (Å²) in [4.78, 5) is 28.0. The van der Waals surface area contributed by atoms with Crippen LogP contribution in [0.1, 0.15) is 83.1 Å². The highest BCUT2D eigenvalue weighted by Crippen LogP contribution is 2.49. The molecule has 0 saturated heterocycles. The Balaban J connectivity index is 1.21. The molecule has 2 aliphatic carbocycles. The predicted molar refractivity (Wildman–Crippen MR) is 283 cm³/mol. The summed E-state index contributed by atoms with van der Waals surface area (Å²) in [5.74, 6) is 2.45. The third-order valence-electron chi connectivity index (χ3n) is 12.6. The maximum Gasteiger partial charge on any atom is 0.191 e. The number of carbonyl (C=O) groups is 2. The molecule has 0 aromatic heterocycles. The minimum atomic E-state index is -0.327. The number of ether oxygens (including phenoxy) is 2. The molecule has 0 heterocycles. The highest BCUT2D eigenvalue weighted by atomic mass is 16.5. The first-order valence-corrected chi connectivity index (χ1v) is 23.6. The van der Waals surface area contributed by atoms with E-state index >= 15 is 0 Å². The molecule has 6 aromatic carbocycles. The smallest absolute Gasteiger partial charge is 0.191 e. The van der Waals surface area contributed by atoms with Crippen molar-refractivity contribution in [2.45, 2.75) is 83.1 Å². The van der Waals surface area contributed by atoms with Gasteiger partial charge >= 0.3 is 0 Å². The van der Waals surface area contributed by atoms with E-state index in [1.54, 1.807) is 12.4 Å². The first-order valence-electron chi connectivity index (χ1n) is 23.6. The molecule has 0 saturated carbocycles. The monoisotopic (exact) mass is 900 g/mol. The Morgan fingerprint density at radius 1 is 0.382 bits per heavy atom. The molecule has 346 valence electrons. The van der Waals surface area contributed by atoms with E-state index in [1.165, 1.54) is 0 Å². The van der Waals surface area contributed by atoms with E-state index in [-0.39, 0.29) is 33.2 Å². The molecule has 6 nitrogen and oxygen atoms in total.